The summed E-state index contributed by atoms with van der Waals surface area (Å²) in [5, 5.41) is 0.510. The van der Waals surface area contributed by atoms with Crippen LogP contribution < -0.4 is 0 Å². The van der Waals surface area contributed by atoms with Crippen molar-refractivity contribution >= 4 is 27.9 Å². The van der Waals surface area contributed by atoms with Crippen LogP contribution in [0.5, 0.6) is 0 Å². The molecule has 2 heterocycles. The molecule has 0 atom stereocenters. The van der Waals surface area contributed by atoms with Crippen LogP contribution in [-0.2, 0) is 6.18 Å². The summed E-state index contributed by atoms with van der Waals surface area (Å²) in [5.74, 6) is -0.164. The van der Waals surface area contributed by atoms with Crippen LogP contribution in [0.2, 0.25) is 0 Å². The molecule has 7 heteroatoms. The topological polar surface area (TPSA) is 49.2 Å². The second kappa shape index (κ2) is 4.28. The van der Waals surface area contributed by atoms with Gasteiger partial charge in [-0.15, -0.1) is 0 Å². The van der Waals surface area contributed by atoms with Gasteiger partial charge in [0.2, 0.25) is 0 Å². The van der Waals surface area contributed by atoms with Gasteiger partial charge in [-0.05, 0) is 18.2 Å². The SMILES string of the molecule is CN(C)C(=O)c1cc2[nH]c3cc(C(F)(F)F)ccc3c2o1. The zero-order valence-corrected chi connectivity index (χ0v) is 11.2. The maximum absolute atomic E-state index is 12.7. The second-order valence-electron chi connectivity index (χ2n) is 4.94. The number of aromatic amines is 1. The van der Waals surface area contributed by atoms with E-state index in [1.165, 1.54) is 17.0 Å². The van der Waals surface area contributed by atoms with Crippen molar-refractivity contribution in [3.05, 3.63) is 35.6 Å². The molecule has 0 aliphatic rings. The Morgan fingerprint density at radius 3 is 2.52 bits per heavy atom. The lowest BCUT2D eigenvalue weighted by atomic mass is 10.1. The van der Waals surface area contributed by atoms with E-state index in [0.717, 1.165) is 12.1 Å². The van der Waals surface area contributed by atoms with Crippen LogP contribution in [0.25, 0.3) is 22.0 Å². The Morgan fingerprint density at radius 2 is 1.90 bits per heavy atom. The van der Waals surface area contributed by atoms with Gasteiger partial charge in [-0.1, -0.05) is 0 Å². The number of hydrogen-bond donors (Lipinski definition) is 1. The Balaban J connectivity index is 2.15. The molecule has 110 valence electrons. The molecule has 0 bridgehead atoms. The molecule has 3 rings (SSSR count). The normalized spacial score (nSPS) is 12.2. The molecule has 2 aromatic heterocycles. The number of H-pyrrole nitrogens is 1. The van der Waals surface area contributed by atoms with Crippen LogP contribution in [0.4, 0.5) is 13.2 Å². The Hall–Kier alpha value is -2.44. The van der Waals surface area contributed by atoms with E-state index in [4.69, 9.17) is 4.42 Å². The van der Waals surface area contributed by atoms with Crippen LogP contribution in [0.1, 0.15) is 16.1 Å². The summed E-state index contributed by atoms with van der Waals surface area (Å²) in [4.78, 5) is 16.0. The van der Waals surface area contributed by atoms with Crippen molar-refractivity contribution in [1.29, 1.82) is 0 Å². The quantitative estimate of drug-likeness (QED) is 0.745. The first kappa shape index (κ1) is 13.5. The van der Waals surface area contributed by atoms with Crippen LogP contribution in [-0.4, -0.2) is 29.9 Å². The fourth-order valence-corrected chi connectivity index (χ4v) is 2.18. The first-order chi connectivity index (χ1) is 9.77. The predicted octanol–water partition coefficient (Wildman–Crippen LogP) is 3.63. The fourth-order valence-electron chi connectivity index (χ4n) is 2.18. The van der Waals surface area contributed by atoms with Gasteiger partial charge in [-0.25, -0.2) is 0 Å². The number of rotatable bonds is 1. The Morgan fingerprint density at radius 1 is 1.19 bits per heavy atom. The Bertz CT molecular complexity index is 843. The van der Waals surface area contributed by atoms with Crippen molar-refractivity contribution in [2.45, 2.75) is 6.18 Å². The number of aromatic nitrogens is 1. The number of nitrogens with zero attached hydrogens (tertiary/aromatic N) is 1. The van der Waals surface area contributed by atoms with E-state index in [1.807, 2.05) is 0 Å². The lowest BCUT2D eigenvalue weighted by Gasteiger charge is -2.07. The molecule has 1 N–H and O–H groups in total. The van der Waals surface area contributed by atoms with E-state index in [9.17, 15) is 18.0 Å². The van der Waals surface area contributed by atoms with E-state index in [1.54, 1.807) is 14.1 Å². The monoisotopic (exact) mass is 296 g/mol. The van der Waals surface area contributed by atoms with Gasteiger partial charge in [0.25, 0.3) is 5.91 Å². The zero-order valence-electron chi connectivity index (χ0n) is 11.2. The van der Waals surface area contributed by atoms with E-state index in [2.05, 4.69) is 4.98 Å². The Kier molecular flexibility index (Phi) is 2.76. The first-order valence-corrected chi connectivity index (χ1v) is 6.11. The molecule has 0 saturated carbocycles. The summed E-state index contributed by atoms with van der Waals surface area (Å²) in [7, 11) is 3.18. The summed E-state index contributed by atoms with van der Waals surface area (Å²) in [6, 6.07) is 4.85. The average Bonchev–Trinajstić information content (AvgIpc) is 2.92. The molecule has 0 unspecified atom stereocenters. The maximum atomic E-state index is 12.7. The van der Waals surface area contributed by atoms with Crippen molar-refractivity contribution in [3.8, 4) is 0 Å². The van der Waals surface area contributed by atoms with Gasteiger partial charge < -0.3 is 14.3 Å². The minimum atomic E-state index is -4.40. The van der Waals surface area contributed by atoms with Crippen LogP contribution in [0.3, 0.4) is 0 Å². The molecule has 3 aromatic rings. The number of carbonyl (C=O) groups excluding carboxylic acids is 1. The minimum absolute atomic E-state index is 0.142. The van der Waals surface area contributed by atoms with Gasteiger partial charge in [-0.2, -0.15) is 13.2 Å². The highest BCUT2D eigenvalue weighted by atomic mass is 19.4. The molecular weight excluding hydrogens is 285 g/mol. The maximum Gasteiger partial charge on any atom is 0.416 e. The standard InChI is InChI=1S/C14H11F3N2O2/c1-19(2)13(20)11-6-10-12(21-11)8-4-3-7(14(15,16)17)5-9(8)18-10/h3-6,18H,1-2H3. The second-order valence-corrected chi connectivity index (χ2v) is 4.94. The van der Waals surface area contributed by atoms with Crippen LogP contribution in [0, 0.1) is 0 Å². The lowest BCUT2D eigenvalue weighted by molar-refractivity contribution is -0.137. The number of amides is 1. The van der Waals surface area contributed by atoms with Gasteiger partial charge >= 0.3 is 6.18 Å². The number of carbonyl (C=O) groups is 1. The number of nitrogens with one attached hydrogen (secondary N) is 1. The third-order valence-electron chi connectivity index (χ3n) is 3.21. The first-order valence-electron chi connectivity index (χ1n) is 6.11. The van der Waals surface area contributed by atoms with Crippen LogP contribution >= 0.6 is 0 Å². The summed E-state index contributed by atoms with van der Waals surface area (Å²) in [5.41, 5.74) is 0.462. The molecular formula is C14H11F3N2O2. The summed E-state index contributed by atoms with van der Waals surface area (Å²) in [6.45, 7) is 0. The molecule has 1 aromatic carbocycles. The average molecular weight is 296 g/mol. The molecule has 0 spiro atoms. The highest BCUT2D eigenvalue weighted by Crippen LogP contribution is 2.34. The molecule has 1 amide bonds. The molecule has 0 radical (unpaired) electrons. The number of furan rings is 1. The fraction of sp³-hybridized carbons (Fsp3) is 0.214. The predicted molar refractivity (Wildman–Crippen MR) is 71.1 cm³/mol. The number of halogens is 3. The summed E-state index contributed by atoms with van der Waals surface area (Å²) >= 11 is 0. The molecule has 21 heavy (non-hydrogen) atoms. The molecule has 0 aliphatic heterocycles. The highest BCUT2D eigenvalue weighted by molar-refractivity contribution is 6.06. The number of benzene rings is 1. The summed E-state index contributed by atoms with van der Waals surface area (Å²) < 4.78 is 43.5. The molecule has 0 aliphatic carbocycles. The molecule has 0 saturated heterocycles. The van der Waals surface area contributed by atoms with Crippen LogP contribution in [0.15, 0.2) is 28.7 Å². The molecule has 0 fully saturated rings. The third-order valence-corrected chi connectivity index (χ3v) is 3.21. The van der Waals surface area contributed by atoms with E-state index in [-0.39, 0.29) is 11.7 Å². The van der Waals surface area contributed by atoms with Gasteiger partial charge in [-0.3, -0.25) is 4.79 Å². The van der Waals surface area contributed by atoms with Gasteiger partial charge in [0.1, 0.15) is 0 Å². The number of hydrogen-bond acceptors (Lipinski definition) is 2. The van der Waals surface area contributed by atoms with Crippen molar-refractivity contribution in [2.24, 2.45) is 0 Å². The lowest BCUT2D eigenvalue weighted by Crippen LogP contribution is -2.20. The minimum Gasteiger partial charge on any atom is -0.449 e. The smallest absolute Gasteiger partial charge is 0.416 e. The highest BCUT2D eigenvalue weighted by Gasteiger charge is 2.31. The Labute approximate surface area is 117 Å². The van der Waals surface area contributed by atoms with E-state index < -0.39 is 11.7 Å². The van der Waals surface area contributed by atoms with Gasteiger partial charge in [0.15, 0.2) is 11.3 Å². The van der Waals surface area contributed by atoms with Crippen molar-refractivity contribution < 1.29 is 22.4 Å². The third kappa shape index (κ3) is 2.14. The molecule has 4 nitrogen and oxygen atoms in total. The largest absolute Gasteiger partial charge is 0.449 e. The number of fused-ring (bicyclic) bond motifs is 3. The number of alkyl halides is 3. The van der Waals surface area contributed by atoms with Gasteiger partial charge in [0.05, 0.1) is 16.6 Å². The van der Waals surface area contributed by atoms with Crippen molar-refractivity contribution in [2.75, 3.05) is 14.1 Å². The zero-order chi connectivity index (χ0) is 15.4. The van der Waals surface area contributed by atoms with E-state index >= 15 is 0 Å². The van der Waals surface area contributed by atoms with Gasteiger partial charge in [0, 0.05) is 25.5 Å². The van der Waals surface area contributed by atoms with Crippen molar-refractivity contribution in [3.63, 3.8) is 0 Å². The summed E-state index contributed by atoms with van der Waals surface area (Å²) in [6.07, 6.45) is -4.40. The van der Waals surface area contributed by atoms with Crippen molar-refractivity contribution in [1.82, 2.24) is 9.88 Å². The van der Waals surface area contributed by atoms with E-state index in [0.29, 0.717) is 22.0 Å².